The minimum atomic E-state index is -0.349. The number of carbonyl (C=O) groups is 1. The number of piperidine rings is 1. The summed E-state index contributed by atoms with van der Waals surface area (Å²) in [5.41, 5.74) is 6.48. The van der Waals surface area contributed by atoms with Crippen molar-refractivity contribution in [3.8, 4) is 5.69 Å². The van der Waals surface area contributed by atoms with Crippen LogP contribution in [0.15, 0.2) is 41.5 Å². The fourth-order valence-corrected chi connectivity index (χ4v) is 3.58. The van der Waals surface area contributed by atoms with Crippen LogP contribution in [0.4, 0.5) is 5.82 Å². The summed E-state index contributed by atoms with van der Waals surface area (Å²) in [6, 6.07) is 11.8. The number of amides is 1. The van der Waals surface area contributed by atoms with Crippen LogP contribution in [0.5, 0.6) is 0 Å². The molecule has 2 N–H and O–H groups in total. The number of hydrazone groups is 1. The lowest BCUT2D eigenvalue weighted by Crippen LogP contribution is -2.32. The molecule has 0 spiro atoms. The zero-order chi connectivity index (χ0) is 20.2. The molecular formula is C21H25N7O. The molecule has 1 saturated heterocycles. The summed E-state index contributed by atoms with van der Waals surface area (Å²) in [5, 5.41) is 15.7. The second-order valence-corrected chi connectivity index (χ2v) is 7.25. The number of para-hydroxylation sites is 1. The number of nitrogens with one attached hydrogen (secondary N) is 2. The van der Waals surface area contributed by atoms with Gasteiger partial charge in [-0.25, -0.2) is 10.1 Å². The molecule has 0 saturated carbocycles. The number of aromatic amines is 1. The van der Waals surface area contributed by atoms with Crippen molar-refractivity contribution in [3.05, 3.63) is 59.0 Å². The largest absolute Gasteiger partial charge is 0.356 e. The topological polar surface area (TPSA) is 91.2 Å². The van der Waals surface area contributed by atoms with Crippen LogP contribution in [-0.4, -0.2) is 45.2 Å². The van der Waals surface area contributed by atoms with E-state index in [2.05, 4.69) is 25.6 Å². The van der Waals surface area contributed by atoms with Gasteiger partial charge in [-0.2, -0.15) is 15.3 Å². The molecule has 1 amide bonds. The minimum Gasteiger partial charge on any atom is -0.356 e. The summed E-state index contributed by atoms with van der Waals surface area (Å²) in [6.45, 7) is 5.78. The summed E-state index contributed by atoms with van der Waals surface area (Å²) in [7, 11) is 0. The van der Waals surface area contributed by atoms with E-state index in [1.165, 1.54) is 6.42 Å². The third-order valence-electron chi connectivity index (χ3n) is 5.04. The van der Waals surface area contributed by atoms with Crippen molar-refractivity contribution in [2.45, 2.75) is 33.1 Å². The molecule has 1 aliphatic rings. The van der Waals surface area contributed by atoms with Crippen LogP contribution in [0.1, 0.15) is 46.7 Å². The van der Waals surface area contributed by atoms with Gasteiger partial charge < -0.3 is 4.90 Å². The average molecular weight is 391 g/mol. The van der Waals surface area contributed by atoms with Gasteiger partial charge >= 0.3 is 0 Å². The Kier molecular flexibility index (Phi) is 5.41. The lowest BCUT2D eigenvalue weighted by molar-refractivity contribution is 0.0950. The van der Waals surface area contributed by atoms with Crippen LogP contribution in [0.3, 0.4) is 0 Å². The van der Waals surface area contributed by atoms with Gasteiger partial charge in [0.2, 0.25) is 0 Å². The first-order chi connectivity index (χ1) is 14.1. The van der Waals surface area contributed by atoms with Crippen molar-refractivity contribution < 1.29 is 4.79 Å². The molecule has 8 heteroatoms. The van der Waals surface area contributed by atoms with Gasteiger partial charge in [-0.05, 0) is 51.3 Å². The molecule has 1 fully saturated rings. The van der Waals surface area contributed by atoms with E-state index in [1.54, 1.807) is 12.3 Å². The maximum absolute atomic E-state index is 12.2. The number of hydrogen-bond donors (Lipinski definition) is 2. The van der Waals surface area contributed by atoms with Gasteiger partial charge in [-0.3, -0.25) is 9.89 Å². The molecule has 29 heavy (non-hydrogen) atoms. The Bertz CT molecular complexity index is 1010. The molecule has 8 nitrogen and oxygen atoms in total. The predicted molar refractivity (Wildman–Crippen MR) is 113 cm³/mol. The van der Waals surface area contributed by atoms with Crippen LogP contribution in [0, 0.1) is 13.8 Å². The lowest BCUT2D eigenvalue weighted by atomic mass is 10.1. The zero-order valence-corrected chi connectivity index (χ0v) is 16.7. The van der Waals surface area contributed by atoms with Gasteiger partial charge in [0.05, 0.1) is 23.2 Å². The van der Waals surface area contributed by atoms with E-state index in [0.29, 0.717) is 5.69 Å². The van der Waals surface area contributed by atoms with Crippen molar-refractivity contribution >= 4 is 17.9 Å². The number of benzene rings is 1. The van der Waals surface area contributed by atoms with E-state index in [-0.39, 0.29) is 5.91 Å². The summed E-state index contributed by atoms with van der Waals surface area (Å²) in [4.78, 5) is 14.6. The van der Waals surface area contributed by atoms with E-state index in [9.17, 15) is 4.79 Å². The highest BCUT2D eigenvalue weighted by atomic mass is 16.2. The smallest absolute Gasteiger partial charge is 0.291 e. The second-order valence-electron chi connectivity index (χ2n) is 7.25. The molecule has 4 rings (SSSR count). The molecule has 0 aliphatic carbocycles. The number of anilines is 1. The van der Waals surface area contributed by atoms with Crippen molar-refractivity contribution in [3.63, 3.8) is 0 Å². The maximum atomic E-state index is 12.2. The predicted octanol–water partition coefficient (Wildman–Crippen LogP) is 2.97. The van der Waals surface area contributed by atoms with Gasteiger partial charge in [-0.15, -0.1) is 0 Å². The molecule has 0 unspecified atom stereocenters. The Hall–Kier alpha value is -3.42. The first-order valence-corrected chi connectivity index (χ1v) is 9.89. The quantitative estimate of drug-likeness (QED) is 0.517. The highest BCUT2D eigenvalue weighted by Gasteiger charge is 2.22. The van der Waals surface area contributed by atoms with Crippen molar-refractivity contribution in [2.24, 2.45) is 5.10 Å². The van der Waals surface area contributed by atoms with Crippen molar-refractivity contribution in [1.82, 2.24) is 25.4 Å². The average Bonchev–Trinajstić information content (AvgIpc) is 3.33. The van der Waals surface area contributed by atoms with Gasteiger partial charge in [-0.1, -0.05) is 18.2 Å². The summed E-state index contributed by atoms with van der Waals surface area (Å²) < 4.78 is 1.97. The number of carbonyl (C=O) groups excluding carboxylic acids is 1. The van der Waals surface area contributed by atoms with Crippen molar-refractivity contribution in [2.75, 3.05) is 18.0 Å². The number of hydrogen-bond acceptors (Lipinski definition) is 5. The number of H-pyrrole nitrogens is 1. The molecular weight excluding hydrogens is 366 g/mol. The standard InChI is InChI=1S/C21H25N7O/c1-15-13-19(24-23-15)20(29)25-22-14-18-16(2)26-28(17-9-5-3-6-10-17)21(18)27-11-7-4-8-12-27/h3,5-6,9-10,13-14H,4,7-8,11-12H2,1-2H3,(H,23,24)(H,25,29). The van der Waals surface area contributed by atoms with Crippen molar-refractivity contribution in [1.29, 1.82) is 0 Å². The summed E-state index contributed by atoms with van der Waals surface area (Å²) >= 11 is 0. The first-order valence-electron chi connectivity index (χ1n) is 9.89. The Labute approximate surface area is 169 Å². The van der Waals surface area contributed by atoms with Gasteiger partial charge in [0, 0.05) is 18.8 Å². The van der Waals surface area contributed by atoms with Crippen LogP contribution >= 0.6 is 0 Å². The van der Waals surface area contributed by atoms with E-state index in [4.69, 9.17) is 5.10 Å². The van der Waals surface area contributed by atoms with Crippen LogP contribution in [0.2, 0.25) is 0 Å². The van der Waals surface area contributed by atoms with Gasteiger partial charge in [0.15, 0.2) is 5.69 Å². The zero-order valence-electron chi connectivity index (χ0n) is 16.7. The highest BCUT2D eigenvalue weighted by molar-refractivity contribution is 5.94. The number of rotatable bonds is 5. The Balaban J connectivity index is 1.65. The van der Waals surface area contributed by atoms with Gasteiger partial charge in [0.25, 0.3) is 5.91 Å². The van der Waals surface area contributed by atoms with Crippen LogP contribution in [0.25, 0.3) is 5.69 Å². The normalized spacial score (nSPS) is 14.5. The van der Waals surface area contributed by atoms with Crippen LogP contribution < -0.4 is 10.3 Å². The monoisotopic (exact) mass is 391 g/mol. The highest BCUT2D eigenvalue weighted by Crippen LogP contribution is 2.28. The Morgan fingerprint density at radius 1 is 1.17 bits per heavy atom. The number of nitrogens with zero attached hydrogens (tertiary/aromatic N) is 5. The summed E-state index contributed by atoms with van der Waals surface area (Å²) in [6.07, 6.45) is 5.25. The molecule has 3 aromatic rings. The van der Waals surface area contributed by atoms with E-state index < -0.39 is 0 Å². The maximum Gasteiger partial charge on any atom is 0.291 e. The number of aromatic nitrogens is 4. The van der Waals surface area contributed by atoms with E-state index in [1.807, 2.05) is 48.9 Å². The fraction of sp³-hybridized carbons (Fsp3) is 0.333. The number of aryl methyl sites for hydroxylation is 2. The van der Waals surface area contributed by atoms with E-state index in [0.717, 1.165) is 54.4 Å². The lowest BCUT2D eigenvalue weighted by Gasteiger charge is -2.29. The molecule has 3 heterocycles. The molecule has 1 aliphatic heterocycles. The molecule has 2 aromatic heterocycles. The van der Waals surface area contributed by atoms with E-state index >= 15 is 0 Å². The minimum absolute atomic E-state index is 0.313. The SMILES string of the molecule is Cc1cc(C(=O)NN=Cc2c(C)nn(-c3ccccc3)c2N2CCCCC2)n[nH]1. The fourth-order valence-electron chi connectivity index (χ4n) is 3.58. The third kappa shape index (κ3) is 4.06. The second kappa shape index (κ2) is 8.30. The Morgan fingerprint density at radius 2 is 1.93 bits per heavy atom. The first kappa shape index (κ1) is 18.9. The third-order valence-corrected chi connectivity index (χ3v) is 5.04. The van der Waals surface area contributed by atoms with Gasteiger partial charge in [0.1, 0.15) is 5.82 Å². The molecule has 0 radical (unpaired) electrons. The molecule has 150 valence electrons. The molecule has 1 aromatic carbocycles. The molecule has 0 atom stereocenters. The Morgan fingerprint density at radius 3 is 2.62 bits per heavy atom. The summed E-state index contributed by atoms with van der Waals surface area (Å²) in [5.74, 6) is 0.667. The van der Waals surface area contributed by atoms with Crippen LogP contribution in [-0.2, 0) is 0 Å². The molecule has 0 bridgehead atoms.